The molecule has 0 unspecified atom stereocenters. The van der Waals surface area contributed by atoms with E-state index in [1.807, 2.05) is 22.9 Å². The Labute approximate surface area is 149 Å². The molecule has 4 rings (SSSR count). The summed E-state index contributed by atoms with van der Waals surface area (Å²) in [7, 11) is 0. The second kappa shape index (κ2) is 6.11. The Balaban J connectivity index is 1.74. The number of carboxylic acids is 1. The molecule has 0 aliphatic rings. The third kappa shape index (κ3) is 2.73. The summed E-state index contributed by atoms with van der Waals surface area (Å²) in [5, 5.41) is 9.25. The summed E-state index contributed by atoms with van der Waals surface area (Å²) in [6, 6.07) is 8.26. The van der Waals surface area contributed by atoms with Gasteiger partial charge in [0.15, 0.2) is 5.65 Å². The number of aromatic carboxylic acids is 1. The molecule has 7 heteroatoms. The number of carboxylic acid groups (broad SMARTS) is 1. The first-order valence-corrected chi connectivity index (χ1v) is 8.25. The maximum absolute atomic E-state index is 11.3. The SMILES string of the molecule is CC(C)c1cccc(-n2cnc(-c3cnc4[nH]cc(C(=O)O)c4n3)c2)c1. The largest absolute Gasteiger partial charge is 0.478 e. The second-order valence-corrected chi connectivity index (χ2v) is 6.38. The van der Waals surface area contributed by atoms with Crippen LogP contribution in [0, 0.1) is 0 Å². The van der Waals surface area contributed by atoms with Crippen LogP contribution in [-0.4, -0.2) is 35.6 Å². The lowest BCUT2D eigenvalue weighted by atomic mass is 10.0. The zero-order valence-electron chi connectivity index (χ0n) is 14.3. The number of fused-ring (bicyclic) bond motifs is 1. The molecule has 0 radical (unpaired) electrons. The standard InChI is InChI=1S/C19H17N5O2/c1-11(2)12-4-3-5-13(6-12)24-9-16(22-10-24)15-8-21-18-17(23-15)14(7-20-18)19(25)26/h3-11H,1-2H3,(H,20,21)(H,25,26). The summed E-state index contributed by atoms with van der Waals surface area (Å²) in [6.45, 7) is 4.31. The lowest BCUT2D eigenvalue weighted by Gasteiger charge is -2.08. The maximum atomic E-state index is 11.3. The number of H-pyrrole nitrogens is 1. The van der Waals surface area contributed by atoms with Crippen LogP contribution in [-0.2, 0) is 0 Å². The number of hydrogen-bond donors (Lipinski definition) is 2. The monoisotopic (exact) mass is 347 g/mol. The van der Waals surface area contributed by atoms with Crippen molar-refractivity contribution in [2.75, 3.05) is 0 Å². The van der Waals surface area contributed by atoms with E-state index in [9.17, 15) is 9.90 Å². The van der Waals surface area contributed by atoms with Gasteiger partial charge in [0.2, 0.25) is 0 Å². The Bertz CT molecular complexity index is 1110. The smallest absolute Gasteiger partial charge is 0.339 e. The Hall–Kier alpha value is -3.48. The van der Waals surface area contributed by atoms with Gasteiger partial charge in [0.25, 0.3) is 0 Å². The van der Waals surface area contributed by atoms with E-state index < -0.39 is 5.97 Å². The number of carbonyl (C=O) groups is 1. The molecule has 0 atom stereocenters. The van der Waals surface area contributed by atoms with Crippen molar-refractivity contribution in [2.45, 2.75) is 19.8 Å². The summed E-state index contributed by atoms with van der Waals surface area (Å²) >= 11 is 0. The van der Waals surface area contributed by atoms with Crippen molar-refractivity contribution < 1.29 is 9.90 Å². The van der Waals surface area contributed by atoms with Crippen LogP contribution >= 0.6 is 0 Å². The van der Waals surface area contributed by atoms with Gasteiger partial charge in [0, 0.05) is 18.1 Å². The third-order valence-electron chi connectivity index (χ3n) is 4.29. The highest BCUT2D eigenvalue weighted by molar-refractivity contribution is 6.00. The molecule has 0 saturated heterocycles. The number of imidazole rings is 1. The summed E-state index contributed by atoms with van der Waals surface area (Å²) in [5.74, 6) is -0.604. The van der Waals surface area contributed by atoms with Crippen LogP contribution in [0.1, 0.15) is 35.7 Å². The summed E-state index contributed by atoms with van der Waals surface area (Å²) in [6.07, 6.45) is 6.56. The quantitative estimate of drug-likeness (QED) is 0.587. The fourth-order valence-electron chi connectivity index (χ4n) is 2.82. The van der Waals surface area contributed by atoms with E-state index in [-0.39, 0.29) is 5.56 Å². The fraction of sp³-hybridized carbons (Fsp3) is 0.158. The van der Waals surface area contributed by atoms with Crippen molar-refractivity contribution in [3.63, 3.8) is 0 Å². The van der Waals surface area contributed by atoms with Gasteiger partial charge >= 0.3 is 5.97 Å². The predicted octanol–water partition coefficient (Wildman–Crippen LogP) is 3.63. The summed E-state index contributed by atoms with van der Waals surface area (Å²) in [4.78, 5) is 27.2. The van der Waals surface area contributed by atoms with Crippen molar-refractivity contribution in [3.8, 4) is 17.1 Å². The highest BCUT2D eigenvalue weighted by Gasteiger charge is 2.15. The van der Waals surface area contributed by atoms with E-state index in [1.165, 1.54) is 11.8 Å². The predicted molar refractivity (Wildman–Crippen MR) is 97.5 cm³/mol. The number of nitrogens with zero attached hydrogens (tertiary/aromatic N) is 4. The molecule has 3 aromatic heterocycles. The number of benzene rings is 1. The molecule has 2 N–H and O–H groups in total. The first kappa shape index (κ1) is 16.0. The van der Waals surface area contributed by atoms with E-state index in [2.05, 4.69) is 45.9 Å². The Morgan fingerprint density at radius 3 is 2.85 bits per heavy atom. The van der Waals surface area contributed by atoms with E-state index in [4.69, 9.17) is 0 Å². The van der Waals surface area contributed by atoms with Crippen LogP contribution in [0.3, 0.4) is 0 Å². The van der Waals surface area contributed by atoms with Crippen molar-refractivity contribution in [2.24, 2.45) is 0 Å². The molecule has 0 fully saturated rings. The molecule has 0 bridgehead atoms. The van der Waals surface area contributed by atoms with Gasteiger partial charge in [-0.15, -0.1) is 0 Å². The zero-order chi connectivity index (χ0) is 18.3. The Morgan fingerprint density at radius 1 is 1.23 bits per heavy atom. The van der Waals surface area contributed by atoms with Crippen LogP contribution in [0.5, 0.6) is 0 Å². The van der Waals surface area contributed by atoms with Gasteiger partial charge in [-0.25, -0.2) is 19.7 Å². The van der Waals surface area contributed by atoms with E-state index >= 15 is 0 Å². The van der Waals surface area contributed by atoms with Crippen molar-refractivity contribution in [1.29, 1.82) is 0 Å². The van der Waals surface area contributed by atoms with Crippen molar-refractivity contribution in [1.82, 2.24) is 24.5 Å². The first-order valence-electron chi connectivity index (χ1n) is 8.25. The van der Waals surface area contributed by atoms with Gasteiger partial charge in [-0.1, -0.05) is 26.0 Å². The first-order chi connectivity index (χ1) is 12.5. The summed E-state index contributed by atoms with van der Waals surface area (Å²) in [5.41, 5.74) is 4.28. The molecule has 0 aliphatic heterocycles. The molecule has 26 heavy (non-hydrogen) atoms. The zero-order valence-corrected chi connectivity index (χ0v) is 14.3. The fourth-order valence-corrected chi connectivity index (χ4v) is 2.82. The number of hydrogen-bond acceptors (Lipinski definition) is 4. The normalized spacial score (nSPS) is 11.3. The molecule has 4 aromatic rings. The third-order valence-corrected chi connectivity index (χ3v) is 4.29. The molecular weight excluding hydrogens is 330 g/mol. The van der Waals surface area contributed by atoms with E-state index in [0.29, 0.717) is 28.5 Å². The second-order valence-electron chi connectivity index (χ2n) is 6.38. The van der Waals surface area contributed by atoms with Gasteiger partial charge in [-0.05, 0) is 23.6 Å². The highest BCUT2D eigenvalue weighted by Crippen LogP contribution is 2.22. The van der Waals surface area contributed by atoms with Crippen LogP contribution < -0.4 is 0 Å². The number of rotatable bonds is 4. The Kier molecular flexibility index (Phi) is 3.76. The van der Waals surface area contributed by atoms with Crippen molar-refractivity contribution in [3.05, 3.63) is 60.3 Å². The highest BCUT2D eigenvalue weighted by atomic mass is 16.4. The number of aromatic nitrogens is 5. The summed E-state index contributed by atoms with van der Waals surface area (Å²) < 4.78 is 1.92. The molecular formula is C19H17N5O2. The van der Waals surface area contributed by atoms with Gasteiger partial charge in [-0.3, -0.25) is 0 Å². The topological polar surface area (TPSA) is 96.7 Å². The Morgan fingerprint density at radius 2 is 2.08 bits per heavy atom. The molecule has 0 amide bonds. The minimum atomic E-state index is -1.04. The average molecular weight is 347 g/mol. The minimum absolute atomic E-state index is 0.0958. The molecule has 0 saturated carbocycles. The molecule has 130 valence electrons. The molecule has 1 aromatic carbocycles. The molecule has 0 aliphatic carbocycles. The van der Waals surface area contributed by atoms with Gasteiger partial charge in [0.05, 0.1) is 12.5 Å². The van der Waals surface area contributed by atoms with Crippen LogP contribution in [0.4, 0.5) is 0 Å². The van der Waals surface area contributed by atoms with E-state index in [1.54, 1.807) is 12.5 Å². The number of aromatic amines is 1. The van der Waals surface area contributed by atoms with Gasteiger partial charge in [-0.2, -0.15) is 0 Å². The maximum Gasteiger partial charge on any atom is 0.339 e. The lowest BCUT2D eigenvalue weighted by molar-refractivity contribution is 0.0699. The van der Waals surface area contributed by atoms with Gasteiger partial charge in [0.1, 0.15) is 22.5 Å². The average Bonchev–Trinajstić information content (AvgIpc) is 3.28. The molecule has 3 heterocycles. The minimum Gasteiger partial charge on any atom is -0.478 e. The molecule has 7 nitrogen and oxygen atoms in total. The molecule has 0 spiro atoms. The van der Waals surface area contributed by atoms with Crippen LogP contribution in [0.2, 0.25) is 0 Å². The van der Waals surface area contributed by atoms with Gasteiger partial charge < -0.3 is 14.7 Å². The lowest BCUT2D eigenvalue weighted by Crippen LogP contribution is -1.96. The van der Waals surface area contributed by atoms with Crippen LogP contribution in [0.25, 0.3) is 28.2 Å². The van der Waals surface area contributed by atoms with Crippen LogP contribution in [0.15, 0.2) is 49.2 Å². The van der Waals surface area contributed by atoms with E-state index in [0.717, 1.165) is 5.69 Å². The number of nitrogens with one attached hydrogen (secondary N) is 1. The van der Waals surface area contributed by atoms with Crippen molar-refractivity contribution >= 4 is 17.1 Å².